The summed E-state index contributed by atoms with van der Waals surface area (Å²) in [7, 11) is 3.42. The van der Waals surface area contributed by atoms with E-state index in [9.17, 15) is 4.39 Å². The third-order valence-electron chi connectivity index (χ3n) is 3.94. The molecule has 0 bridgehead atoms. The number of benzene rings is 2. The molecular weight excluding hydrogens is 265 g/mol. The Balaban J connectivity index is 2.34. The van der Waals surface area contributed by atoms with Crippen LogP contribution in [0.3, 0.4) is 0 Å². The van der Waals surface area contributed by atoms with Crippen LogP contribution in [0, 0.1) is 19.7 Å². The zero-order valence-electron chi connectivity index (χ0n) is 13.0. The fourth-order valence-corrected chi connectivity index (χ4v) is 2.55. The summed E-state index contributed by atoms with van der Waals surface area (Å²) in [4.78, 5) is 0. The Kier molecular flexibility index (Phi) is 4.97. The van der Waals surface area contributed by atoms with Crippen LogP contribution >= 0.6 is 0 Å². The quantitative estimate of drug-likeness (QED) is 0.899. The zero-order chi connectivity index (χ0) is 15.4. The smallest absolute Gasteiger partial charge is 0.131 e. The molecule has 21 heavy (non-hydrogen) atoms. The van der Waals surface area contributed by atoms with Crippen molar-refractivity contribution in [2.24, 2.45) is 0 Å². The van der Waals surface area contributed by atoms with Crippen molar-refractivity contribution in [1.29, 1.82) is 0 Å². The first-order valence-corrected chi connectivity index (χ1v) is 7.12. The number of nitrogens with one attached hydrogen (secondary N) is 1. The van der Waals surface area contributed by atoms with Gasteiger partial charge in [0.25, 0.3) is 0 Å². The molecule has 0 amide bonds. The lowest BCUT2D eigenvalue weighted by molar-refractivity contribution is 0.393. The summed E-state index contributed by atoms with van der Waals surface area (Å²) in [5.41, 5.74) is 4.29. The SMILES string of the molecule is CNC(Cc1ccc(C)c(C)c1)c1c(F)cccc1OC. The van der Waals surface area contributed by atoms with Gasteiger partial charge in [0, 0.05) is 11.6 Å². The van der Waals surface area contributed by atoms with Gasteiger partial charge >= 0.3 is 0 Å². The molecule has 3 heteroatoms. The highest BCUT2D eigenvalue weighted by Gasteiger charge is 2.19. The van der Waals surface area contributed by atoms with Crippen molar-refractivity contribution in [3.05, 3.63) is 64.5 Å². The Bertz CT molecular complexity index is 625. The summed E-state index contributed by atoms with van der Waals surface area (Å²) in [6.07, 6.45) is 0.717. The van der Waals surface area contributed by atoms with E-state index in [1.807, 2.05) is 7.05 Å². The second kappa shape index (κ2) is 6.72. The Labute approximate surface area is 126 Å². The summed E-state index contributed by atoms with van der Waals surface area (Å²) in [6.45, 7) is 4.19. The maximum atomic E-state index is 14.2. The van der Waals surface area contributed by atoms with E-state index >= 15 is 0 Å². The maximum absolute atomic E-state index is 14.2. The van der Waals surface area contributed by atoms with Crippen molar-refractivity contribution in [2.75, 3.05) is 14.2 Å². The van der Waals surface area contributed by atoms with Crippen molar-refractivity contribution in [3.8, 4) is 5.75 Å². The molecule has 112 valence electrons. The van der Waals surface area contributed by atoms with Crippen LogP contribution in [0.4, 0.5) is 4.39 Å². The third kappa shape index (κ3) is 3.42. The van der Waals surface area contributed by atoms with E-state index in [0.717, 1.165) is 6.42 Å². The van der Waals surface area contributed by atoms with Gasteiger partial charge in [0.2, 0.25) is 0 Å². The highest BCUT2D eigenvalue weighted by molar-refractivity contribution is 5.39. The first kappa shape index (κ1) is 15.5. The number of halogens is 1. The molecule has 2 aromatic rings. The molecule has 2 nitrogen and oxygen atoms in total. The Hall–Kier alpha value is -1.87. The summed E-state index contributed by atoms with van der Waals surface area (Å²) in [5.74, 6) is 0.343. The highest BCUT2D eigenvalue weighted by Crippen LogP contribution is 2.30. The molecule has 0 saturated heterocycles. The fourth-order valence-electron chi connectivity index (χ4n) is 2.55. The minimum atomic E-state index is -0.238. The summed E-state index contributed by atoms with van der Waals surface area (Å²) < 4.78 is 19.5. The largest absolute Gasteiger partial charge is 0.496 e. The third-order valence-corrected chi connectivity index (χ3v) is 3.94. The number of methoxy groups -OCH3 is 1. The standard InChI is InChI=1S/C18H22FNO/c1-12-8-9-14(10-13(12)2)11-16(20-3)18-15(19)6-5-7-17(18)21-4/h5-10,16,20H,11H2,1-4H3. The minimum absolute atomic E-state index is 0.122. The van der Waals surface area contributed by atoms with Crippen LogP contribution in [0.15, 0.2) is 36.4 Å². The van der Waals surface area contributed by atoms with E-state index in [2.05, 4.69) is 37.4 Å². The molecule has 0 radical (unpaired) electrons. The summed E-state index contributed by atoms with van der Waals surface area (Å²) in [6, 6.07) is 11.2. The lowest BCUT2D eigenvalue weighted by atomic mass is 9.95. The summed E-state index contributed by atoms with van der Waals surface area (Å²) >= 11 is 0. The molecule has 1 atom stereocenters. The normalized spacial score (nSPS) is 12.2. The van der Waals surface area contributed by atoms with E-state index in [4.69, 9.17) is 4.74 Å². The fraction of sp³-hybridized carbons (Fsp3) is 0.333. The number of rotatable bonds is 5. The van der Waals surface area contributed by atoms with Crippen LogP contribution < -0.4 is 10.1 Å². The maximum Gasteiger partial charge on any atom is 0.131 e. The van der Waals surface area contributed by atoms with E-state index in [1.54, 1.807) is 19.2 Å². The molecule has 0 fully saturated rings. The predicted molar refractivity (Wildman–Crippen MR) is 84.4 cm³/mol. The van der Waals surface area contributed by atoms with E-state index in [1.165, 1.54) is 22.8 Å². The van der Waals surface area contributed by atoms with Crippen LogP contribution in [0.2, 0.25) is 0 Å². The second-order valence-electron chi connectivity index (χ2n) is 5.32. The van der Waals surface area contributed by atoms with Gasteiger partial charge in [-0.3, -0.25) is 0 Å². The predicted octanol–water partition coefficient (Wildman–Crippen LogP) is 3.95. The number of likely N-dealkylation sites (N-methyl/N-ethyl adjacent to an activating group) is 1. The van der Waals surface area contributed by atoms with Gasteiger partial charge < -0.3 is 10.1 Å². The molecule has 0 heterocycles. The molecule has 2 rings (SSSR count). The van der Waals surface area contributed by atoms with Crippen molar-refractivity contribution >= 4 is 0 Å². The lowest BCUT2D eigenvalue weighted by Crippen LogP contribution is -2.21. The number of hydrogen-bond donors (Lipinski definition) is 1. The van der Waals surface area contributed by atoms with E-state index in [-0.39, 0.29) is 11.9 Å². The van der Waals surface area contributed by atoms with Gasteiger partial charge in [-0.2, -0.15) is 0 Å². The van der Waals surface area contributed by atoms with Gasteiger partial charge in [-0.1, -0.05) is 24.3 Å². The molecule has 0 aromatic heterocycles. The number of hydrogen-bond acceptors (Lipinski definition) is 2. The zero-order valence-corrected chi connectivity index (χ0v) is 13.0. The minimum Gasteiger partial charge on any atom is -0.496 e. The van der Waals surface area contributed by atoms with Crippen molar-refractivity contribution in [2.45, 2.75) is 26.3 Å². The highest BCUT2D eigenvalue weighted by atomic mass is 19.1. The van der Waals surface area contributed by atoms with Crippen LogP contribution in [0.25, 0.3) is 0 Å². The second-order valence-corrected chi connectivity index (χ2v) is 5.32. The molecule has 0 spiro atoms. The Morgan fingerprint density at radius 2 is 1.90 bits per heavy atom. The molecule has 1 unspecified atom stereocenters. The van der Waals surface area contributed by atoms with E-state index < -0.39 is 0 Å². The van der Waals surface area contributed by atoms with Crippen LogP contribution in [0.5, 0.6) is 5.75 Å². The van der Waals surface area contributed by atoms with E-state index in [0.29, 0.717) is 11.3 Å². The molecule has 2 aromatic carbocycles. The summed E-state index contributed by atoms with van der Waals surface area (Å²) in [5, 5.41) is 3.20. The van der Waals surface area contributed by atoms with Crippen LogP contribution in [0.1, 0.15) is 28.3 Å². The molecule has 0 aliphatic heterocycles. The first-order valence-electron chi connectivity index (χ1n) is 7.12. The van der Waals surface area contributed by atoms with Gasteiger partial charge in [0.15, 0.2) is 0 Å². The number of aryl methyl sites for hydroxylation is 2. The molecule has 0 aliphatic carbocycles. The molecule has 1 N–H and O–H groups in total. The average molecular weight is 287 g/mol. The molecule has 0 saturated carbocycles. The first-order chi connectivity index (χ1) is 10.1. The topological polar surface area (TPSA) is 21.3 Å². The van der Waals surface area contributed by atoms with Gasteiger partial charge in [-0.25, -0.2) is 4.39 Å². The monoisotopic (exact) mass is 287 g/mol. The van der Waals surface area contributed by atoms with Crippen LogP contribution in [-0.2, 0) is 6.42 Å². The Morgan fingerprint density at radius 3 is 2.52 bits per heavy atom. The van der Waals surface area contributed by atoms with Crippen LogP contribution in [-0.4, -0.2) is 14.2 Å². The van der Waals surface area contributed by atoms with Gasteiger partial charge in [-0.15, -0.1) is 0 Å². The van der Waals surface area contributed by atoms with Crippen molar-refractivity contribution < 1.29 is 9.13 Å². The average Bonchev–Trinajstić information content (AvgIpc) is 2.48. The Morgan fingerprint density at radius 1 is 1.14 bits per heavy atom. The number of ether oxygens (including phenoxy) is 1. The molecule has 0 aliphatic rings. The molecular formula is C18H22FNO. The lowest BCUT2D eigenvalue weighted by Gasteiger charge is -2.20. The van der Waals surface area contributed by atoms with Gasteiger partial charge in [0.05, 0.1) is 7.11 Å². The van der Waals surface area contributed by atoms with Gasteiger partial charge in [-0.05, 0) is 56.1 Å². The van der Waals surface area contributed by atoms with Gasteiger partial charge in [0.1, 0.15) is 11.6 Å². The van der Waals surface area contributed by atoms with Crippen molar-refractivity contribution in [3.63, 3.8) is 0 Å². The van der Waals surface area contributed by atoms with Crippen molar-refractivity contribution in [1.82, 2.24) is 5.32 Å².